The Balaban J connectivity index is 0.00000162. The van der Waals surface area contributed by atoms with Gasteiger partial charge in [0.15, 0.2) is 0 Å². The minimum Gasteiger partial charge on any atom is -0.317 e. The van der Waals surface area contributed by atoms with E-state index in [-0.39, 0.29) is 12.4 Å². The topological polar surface area (TPSA) is 15.3 Å². The first-order valence-corrected chi connectivity index (χ1v) is 7.72. The largest absolute Gasteiger partial charge is 0.317 e. The van der Waals surface area contributed by atoms with E-state index in [1.165, 1.54) is 56.9 Å². The maximum Gasteiger partial charge on any atom is 0.00579 e. The summed E-state index contributed by atoms with van der Waals surface area (Å²) in [6, 6.07) is 4.41. The molecular formula is C14H25ClN2S. The van der Waals surface area contributed by atoms with Crippen LogP contribution in [0.15, 0.2) is 17.5 Å². The highest BCUT2D eigenvalue weighted by atomic mass is 35.5. The van der Waals surface area contributed by atoms with E-state index < -0.39 is 0 Å². The molecule has 1 aliphatic rings. The summed E-state index contributed by atoms with van der Waals surface area (Å²) >= 11 is 1.88. The number of hydrogen-bond acceptors (Lipinski definition) is 3. The molecule has 1 aromatic heterocycles. The summed E-state index contributed by atoms with van der Waals surface area (Å²) in [6.07, 6.45) is 3.93. The molecular weight excluding hydrogens is 264 g/mol. The van der Waals surface area contributed by atoms with Crippen LogP contribution in [0.25, 0.3) is 0 Å². The average molecular weight is 289 g/mol. The van der Waals surface area contributed by atoms with Crippen LogP contribution in [0.5, 0.6) is 0 Å². The van der Waals surface area contributed by atoms with Crippen molar-refractivity contribution < 1.29 is 0 Å². The monoisotopic (exact) mass is 288 g/mol. The molecule has 2 rings (SSSR count). The van der Waals surface area contributed by atoms with Gasteiger partial charge in [0.2, 0.25) is 0 Å². The Morgan fingerprint density at radius 2 is 2.17 bits per heavy atom. The highest BCUT2D eigenvalue weighted by Gasteiger charge is 2.15. The molecule has 1 fully saturated rings. The molecule has 0 aliphatic carbocycles. The normalized spacial score (nSPS) is 16.8. The summed E-state index contributed by atoms with van der Waals surface area (Å²) in [7, 11) is 0. The third kappa shape index (κ3) is 5.27. The van der Waals surface area contributed by atoms with Crippen LogP contribution in [-0.4, -0.2) is 37.6 Å². The van der Waals surface area contributed by atoms with Crippen LogP contribution < -0.4 is 5.32 Å². The minimum absolute atomic E-state index is 0. The predicted molar refractivity (Wildman–Crippen MR) is 83.0 cm³/mol. The maximum absolute atomic E-state index is 3.44. The number of nitrogens with one attached hydrogen (secondary N) is 1. The third-order valence-corrected chi connectivity index (χ3v) is 4.61. The fourth-order valence-corrected chi connectivity index (χ4v) is 3.23. The van der Waals surface area contributed by atoms with Gasteiger partial charge in [0.05, 0.1) is 0 Å². The van der Waals surface area contributed by atoms with Crippen molar-refractivity contribution in [1.82, 2.24) is 10.2 Å². The van der Waals surface area contributed by atoms with Crippen LogP contribution in [0.1, 0.15) is 24.6 Å². The molecule has 0 spiro atoms. The van der Waals surface area contributed by atoms with Gasteiger partial charge in [-0.25, -0.2) is 0 Å². The molecule has 18 heavy (non-hydrogen) atoms. The fraction of sp³-hybridized carbons (Fsp3) is 0.714. The first-order chi connectivity index (χ1) is 8.38. The van der Waals surface area contributed by atoms with Crippen molar-refractivity contribution in [2.24, 2.45) is 5.92 Å². The van der Waals surface area contributed by atoms with E-state index in [1.807, 2.05) is 11.3 Å². The van der Waals surface area contributed by atoms with Gasteiger partial charge in [0.25, 0.3) is 0 Å². The summed E-state index contributed by atoms with van der Waals surface area (Å²) in [5, 5.41) is 5.62. The lowest BCUT2D eigenvalue weighted by molar-refractivity contribution is 0.216. The van der Waals surface area contributed by atoms with Crippen molar-refractivity contribution in [1.29, 1.82) is 0 Å². The van der Waals surface area contributed by atoms with E-state index in [0.29, 0.717) is 0 Å². The van der Waals surface area contributed by atoms with Gasteiger partial charge in [-0.15, -0.1) is 23.7 Å². The molecule has 0 atom stereocenters. The lowest BCUT2D eigenvalue weighted by atomic mass is 9.97. The zero-order valence-corrected chi connectivity index (χ0v) is 12.9. The number of halogens is 1. The van der Waals surface area contributed by atoms with Gasteiger partial charge in [-0.3, -0.25) is 0 Å². The zero-order valence-electron chi connectivity index (χ0n) is 11.2. The van der Waals surface area contributed by atoms with Gasteiger partial charge >= 0.3 is 0 Å². The van der Waals surface area contributed by atoms with Gasteiger partial charge in [-0.1, -0.05) is 13.0 Å². The number of thiophene rings is 1. The van der Waals surface area contributed by atoms with Crippen molar-refractivity contribution in [2.75, 3.05) is 32.7 Å². The van der Waals surface area contributed by atoms with Crippen molar-refractivity contribution in [3.05, 3.63) is 22.4 Å². The van der Waals surface area contributed by atoms with E-state index >= 15 is 0 Å². The summed E-state index contributed by atoms with van der Waals surface area (Å²) in [4.78, 5) is 4.14. The lowest BCUT2D eigenvalue weighted by Gasteiger charge is -2.29. The van der Waals surface area contributed by atoms with Crippen LogP contribution in [-0.2, 0) is 6.42 Å². The number of piperidine rings is 1. The zero-order chi connectivity index (χ0) is 11.9. The fourth-order valence-electron chi connectivity index (χ4n) is 2.53. The SMILES string of the molecule is CCN(CCc1cccs1)CC1CCNCC1.Cl. The first-order valence-electron chi connectivity index (χ1n) is 6.84. The molecule has 1 aliphatic heterocycles. The molecule has 0 amide bonds. The van der Waals surface area contributed by atoms with E-state index in [9.17, 15) is 0 Å². The molecule has 0 radical (unpaired) electrons. The Kier molecular flexibility index (Phi) is 7.91. The van der Waals surface area contributed by atoms with Gasteiger partial charge in [-0.2, -0.15) is 0 Å². The second-order valence-corrected chi connectivity index (χ2v) is 5.95. The third-order valence-electron chi connectivity index (χ3n) is 3.68. The van der Waals surface area contributed by atoms with Crippen LogP contribution >= 0.6 is 23.7 Å². The van der Waals surface area contributed by atoms with Crippen LogP contribution in [0.2, 0.25) is 0 Å². The molecule has 0 saturated carbocycles. The molecule has 0 bridgehead atoms. The highest BCUT2D eigenvalue weighted by Crippen LogP contribution is 2.15. The van der Waals surface area contributed by atoms with E-state index in [4.69, 9.17) is 0 Å². The molecule has 1 saturated heterocycles. The van der Waals surface area contributed by atoms with Crippen LogP contribution in [0.4, 0.5) is 0 Å². The summed E-state index contributed by atoms with van der Waals surface area (Å²) in [5.41, 5.74) is 0. The molecule has 0 aromatic carbocycles. The van der Waals surface area contributed by atoms with Crippen LogP contribution in [0.3, 0.4) is 0 Å². The minimum atomic E-state index is 0. The van der Waals surface area contributed by atoms with Crippen molar-refractivity contribution in [2.45, 2.75) is 26.2 Å². The molecule has 2 heterocycles. The van der Waals surface area contributed by atoms with Crippen LogP contribution in [0, 0.1) is 5.92 Å². The summed E-state index contributed by atoms with van der Waals surface area (Å²) in [5.74, 6) is 0.916. The Morgan fingerprint density at radius 1 is 1.39 bits per heavy atom. The quantitative estimate of drug-likeness (QED) is 0.866. The second kappa shape index (κ2) is 8.92. The van der Waals surface area contributed by atoms with Gasteiger partial charge in [-0.05, 0) is 56.3 Å². The van der Waals surface area contributed by atoms with E-state index in [1.54, 1.807) is 0 Å². The number of rotatable bonds is 6. The maximum atomic E-state index is 3.44. The molecule has 2 nitrogen and oxygen atoms in total. The molecule has 0 unspecified atom stereocenters. The Bertz CT molecular complexity index is 297. The smallest absolute Gasteiger partial charge is 0.00579 e. The highest BCUT2D eigenvalue weighted by molar-refractivity contribution is 7.09. The standard InChI is InChI=1S/C14H24N2S.ClH/c1-2-16(10-7-14-4-3-11-17-14)12-13-5-8-15-9-6-13;/h3-4,11,13,15H,2,5-10,12H2,1H3;1H. The Morgan fingerprint density at radius 3 is 2.78 bits per heavy atom. The van der Waals surface area contributed by atoms with Crippen molar-refractivity contribution >= 4 is 23.7 Å². The number of likely N-dealkylation sites (N-methyl/N-ethyl adjacent to an activating group) is 1. The second-order valence-electron chi connectivity index (χ2n) is 4.92. The van der Waals surface area contributed by atoms with Gasteiger partial charge in [0, 0.05) is 18.0 Å². The Hall–Kier alpha value is -0.0900. The predicted octanol–water partition coefficient (Wildman–Crippen LogP) is 3.03. The summed E-state index contributed by atoms with van der Waals surface area (Å²) < 4.78 is 0. The molecule has 1 N–H and O–H groups in total. The summed E-state index contributed by atoms with van der Waals surface area (Å²) in [6.45, 7) is 8.43. The lowest BCUT2D eigenvalue weighted by Crippen LogP contribution is -2.37. The molecule has 4 heteroatoms. The number of nitrogens with zero attached hydrogens (tertiary/aromatic N) is 1. The number of hydrogen-bond donors (Lipinski definition) is 1. The first kappa shape index (κ1) is 16.0. The Labute approximate surface area is 121 Å². The average Bonchev–Trinajstić information content (AvgIpc) is 2.89. The van der Waals surface area contributed by atoms with Crippen molar-refractivity contribution in [3.8, 4) is 0 Å². The van der Waals surface area contributed by atoms with E-state index in [2.05, 4.69) is 34.7 Å². The van der Waals surface area contributed by atoms with Crippen molar-refractivity contribution in [3.63, 3.8) is 0 Å². The van der Waals surface area contributed by atoms with Gasteiger partial charge in [0.1, 0.15) is 0 Å². The van der Waals surface area contributed by atoms with E-state index in [0.717, 1.165) is 5.92 Å². The van der Waals surface area contributed by atoms with Gasteiger partial charge < -0.3 is 10.2 Å². The molecule has 104 valence electrons. The molecule has 1 aromatic rings.